The molecule has 9 heteroatoms. The minimum absolute atomic E-state index is 0. The molecule has 6 nitrogen and oxygen atoms in total. The Kier molecular flexibility index (Phi) is 8.56. The van der Waals surface area contributed by atoms with E-state index in [1.54, 1.807) is 17.9 Å². The molecule has 0 atom stereocenters. The third kappa shape index (κ3) is 5.65. The molecule has 1 aromatic heterocycles. The number of ether oxygens (including phenoxy) is 2. The van der Waals surface area contributed by atoms with Gasteiger partial charge in [0.1, 0.15) is 12.1 Å². The second kappa shape index (κ2) is 10.1. The molecule has 0 aliphatic carbocycles. The van der Waals surface area contributed by atoms with E-state index in [1.807, 2.05) is 31.4 Å². The van der Waals surface area contributed by atoms with Crippen LogP contribution in [0.4, 0.5) is 4.79 Å². The molecule has 30 heavy (non-hydrogen) atoms. The topological polar surface area (TPSA) is 60.8 Å². The number of hydrogen-bond donors (Lipinski definition) is 0. The minimum atomic E-state index is -0.549. The predicted octanol–water partition coefficient (Wildman–Crippen LogP) is 1.96. The summed E-state index contributed by atoms with van der Waals surface area (Å²) >= 11 is 12.5. The monoisotopic (exact) mass is 464 g/mol. The number of carbonyl (C=O) groups is 2. The number of benzene rings is 1. The SMILES string of the molecule is CCOC(=O)Cn1c2c(c3cc(Cl)c(Cl)cc31)CCN(C(=O)OC(C)(C)C)CC2.[H-].[Na+]. The molecule has 1 amide bonds. The van der Waals surface area contributed by atoms with Crippen LogP contribution in [-0.4, -0.2) is 46.8 Å². The second-order valence-electron chi connectivity index (χ2n) is 8.07. The Bertz CT molecular complexity index is 959. The number of aromatic nitrogens is 1. The molecule has 0 spiro atoms. The minimum Gasteiger partial charge on any atom is -1.00 e. The molecule has 0 saturated heterocycles. The van der Waals surface area contributed by atoms with Crippen LogP contribution in [0.5, 0.6) is 0 Å². The molecule has 0 N–H and O–H groups in total. The molecule has 1 aliphatic rings. The van der Waals surface area contributed by atoms with Gasteiger partial charge in [-0.1, -0.05) is 23.2 Å². The largest absolute Gasteiger partial charge is 1.00 e. The van der Waals surface area contributed by atoms with Crippen molar-refractivity contribution in [2.75, 3.05) is 19.7 Å². The maximum Gasteiger partial charge on any atom is 1.00 e. The standard InChI is InChI=1S/C21H26Cl2N2O4.Na.H/c1-5-28-19(26)12-25-17-7-9-24(20(27)29-21(2,3)4)8-6-13(17)14-10-15(22)16(23)11-18(14)25;;/h10-11H,5-9,12H2,1-4H3;;/q;+1;-1. The third-order valence-electron chi connectivity index (χ3n) is 4.82. The van der Waals surface area contributed by atoms with Gasteiger partial charge in [-0.3, -0.25) is 4.79 Å². The number of halogens is 2. The maximum absolute atomic E-state index is 12.5. The van der Waals surface area contributed by atoms with Crippen LogP contribution in [0.2, 0.25) is 10.0 Å². The van der Waals surface area contributed by atoms with Crippen molar-refractivity contribution >= 4 is 46.2 Å². The molecule has 3 rings (SSSR count). The smallest absolute Gasteiger partial charge is 1.00 e. The van der Waals surface area contributed by atoms with E-state index in [2.05, 4.69) is 0 Å². The van der Waals surface area contributed by atoms with Gasteiger partial charge in [0.15, 0.2) is 0 Å². The van der Waals surface area contributed by atoms with Gasteiger partial charge in [0.05, 0.1) is 22.2 Å². The second-order valence-corrected chi connectivity index (χ2v) is 8.88. The fourth-order valence-corrected chi connectivity index (χ4v) is 3.98. The molecule has 2 aromatic rings. The average molecular weight is 465 g/mol. The predicted molar refractivity (Wildman–Crippen MR) is 115 cm³/mol. The van der Waals surface area contributed by atoms with E-state index in [-0.39, 0.29) is 49.6 Å². The van der Waals surface area contributed by atoms with Crippen LogP contribution in [0.1, 0.15) is 40.4 Å². The molecule has 0 fully saturated rings. The molecule has 0 bridgehead atoms. The summed E-state index contributed by atoms with van der Waals surface area (Å²) in [4.78, 5) is 26.5. The first-order valence-electron chi connectivity index (χ1n) is 9.73. The molecule has 1 aliphatic heterocycles. The van der Waals surface area contributed by atoms with Gasteiger partial charge in [0, 0.05) is 30.6 Å². The Morgan fingerprint density at radius 2 is 1.77 bits per heavy atom. The average Bonchev–Trinajstić information content (AvgIpc) is 2.77. The summed E-state index contributed by atoms with van der Waals surface area (Å²) < 4.78 is 12.6. The molecule has 0 unspecified atom stereocenters. The zero-order valence-electron chi connectivity index (χ0n) is 19.2. The first kappa shape index (κ1) is 25.3. The Balaban J connectivity index is 0.00000240. The first-order valence-corrected chi connectivity index (χ1v) is 10.5. The van der Waals surface area contributed by atoms with E-state index in [4.69, 9.17) is 32.7 Å². The van der Waals surface area contributed by atoms with E-state index < -0.39 is 5.60 Å². The van der Waals surface area contributed by atoms with Crippen molar-refractivity contribution in [1.29, 1.82) is 0 Å². The summed E-state index contributed by atoms with van der Waals surface area (Å²) in [6.45, 7) is 8.77. The maximum atomic E-state index is 12.5. The van der Waals surface area contributed by atoms with Crippen molar-refractivity contribution in [3.8, 4) is 0 Å². The van der Waals surface area contributed by atoms with Crippen molar-refractivity contribution in [3.05, 3.63) is 33.4 Å². The van der Waals surface area contributed by atoms with Gasteiger partial charge < -0.3 is 20.4 Å². The Morgan fingerprint density at radius 1 is 1.13 bits per heavy atom. The Labute approximate surface area is 210 Å². The van der Waals surface area contributed by atoms with Crippen molar-refractivity contribution < 1.29 is 50.0 Å². The van der Waals surface area contributed by atoms with Crippen LogP contribution < -0.4 is 29.6 Å². The summed E-state index contributed by atoms with van der Waals surface area (Å²) in [5, 5.41) is 1.85. The van der Waals surface area contributed by atoms with Crippen LogP contribution >= 0.6 is 23.2 Å². The van der Waals surface area contributed by atoms with Crippen molar-refractivity contribution in [2.24, 2.45) is 0 Å². The van der Waals surface area contributed by atoms with Crippen LogP contribution in [0.3, 0.4) is 0 Å². The molecular weight excluding hydrogens is 438 g/mol. The van der Waals surface area contributed by atoms with Crippen LogP contribution in [-0.2, 0) is 33.7 Å². The van der Waals surface area contributed by atoms with Crippen molar-refractivity contribution in [3.63, 3.8) is 0 Å². The first-order chi connectivity index (χ1) is 13.6. The zero-order valence-corrected chi connectivity index (χ0v) is 21.7. The van der Waals surface area contributed by atoms with E-state index in [1.165, 1.54) is 0 Å². The number of rotatable bonds is 3. The molecule has 160 valence electrons. The van der Waals surface area contributed by atoms with Gasteiger partial charge in [-0.05, 0) is 51.8 Å². The van der Waals surface area contributed by atoms with E-state index >= 15 is 0 Å². The summed E-state index contributed by atoms with van der Waals surface area (Å²) in [7, 11) is 0. The van der Waals surface area contributed by atoms with Gasteiger partial charge >= 0.3 is 41.6 Å². The number of nitrogens with zero attached hydrogens (tertiary/aromatic N) is 2. The third-order valence-corrected chi connectivity index (χ3v) is 5.55. The van der Waals surface area contributed by atoms with Crippen LogP contribution in [0.15, 0.2) is 12.1 Å². The quantitative estimate of drug-likeness (QED) is 0.514. The molecular formula is C21H27Cl2N2NaO4. The summed E-state index contributed by atoms with van der Waals surface area (Å²) in [6, 6.07) is 3.63. The number of carbonyl (C=O) groups excluding carboxylic acids is 2. The van der Waals surface area contributed by atoms with Crippen LogP contribution in [0.25, 0.3) is 10.9 Å². The number of fused-ring (bicyclic) bond motifs is 3. The van der Waals surface area contributed by atoms with Gasteiger partial charge in [-0.25, -0.2) is 4.79 Å². The Hall–Kier alpha value is -0.920. The van der Waals surface area contributed by atoms with E-state index in [0.29, 0.717) is 42.6 Å². The fraction of sp³-hybridized carbons (Fsp3) is 0.524. The van der Waals surface area contributed by atoms with Gasteiger partial charge in [-0.2, -0.15) is 0 Å². The number of hydrogen-bond acceptors (Lipinski definition) is 4. The van der Waals surface area contributed by atoms with Crippen molar-refractivity contribution in [2.45, 2.75) is 52.7 Å². The summed E-state index contributed by atoms with van der Waals surface area (Å²) in [5.41, 5.74) is 2.38. The number of amides is 1. The molecule has 2 heterocycles. The summed E-state index contributed by atoms with van der Waals surface area (Å²) in [5.74, 6) is -0.313. The zero-order chi connectivity index (χ0) is 21.3. The summed E-state index contributed by atoms with van der Waals surface area (Å²) in [6.07, 6.45) is 0.904. The van der Waals surface area contributed by atoms with Crippen LogP contribution in [0, 0.1) is 0 Å². The van der Waals surface area contributed by atoms with Crippen molar-refractivity contribution in [1.82, 2.24) is 9.47 Å². The van der Waals surface area contributed by atoms with E-state index in [0.717, 1.165) is 22.2 Å². The molecule has 0 saturated carbocycles. The normalized spacial score (nSPS) is 14.0. The molecule has 1 aromatic carbocycles. The molecule has 0 radical (unpaired) electrons. The number of esters is 1. The van der Waals surface area contributed by atoms with Gasteiger partial charge in [-0.15, -0.1) is 0 Å². The van der Waals surface area contributed by atoms with Gasteiger partial charge in [0.25, 0.3) is 0 Å². The fourth-order valence-electron chi connectivity index (χ4n) is 3.65. The van der Waals surface area contributed by atoms with Gasteiger partial charge in [0.2, 0.25) is 0 Å². The van der Waals surface area contributed by atoms with E-state index in [9.17, 15) is 9.59 Å². The Morgan fingerprint density at radius 3 is 2.40 bits per heavy atom.